The summed E-state index contributed by atoms with van der Waals surface area (Å²) in [5.74, 6) is 0.813. The van der Waals surface area contributed by atoms with Crippen molar-refractivity contribution in [1.82, 2.24) is 10.2 Å². The Morgan fingerprint density at radius 2 is 1.66 bits per heavy atom. The minimum absolute atomic E-state index is 0.243. The molecule has 0 spiro atoms. The summed E-state index contributed by atoms with van der Waals surface area (Å²) >= 11 is 0. The predicted molar refractivity (Wildman–Crippen MR) is 129 cm³/mol. The molecule has 1 fully saturated rings. The zero-order chi connectivity index (χ0) is 24.2. The number of carbonyl (C=O) groups is 1. The molecule has 32 heavy (non-hydrogen) atoms. The molecule has 1 heterocycles. The van der Waals surface area contributed by atoms with Crippen molar-refractivity contribution in [2.45, 2.75) is 65.3 Å². The van der Waals surface area contributed by atoms with Gasteiger partial charge >= 0.3 is 13.2 Å². The maximum atomic E-state index is 12.2. The zero-order valence-corrected chi connectivity index (χ0v) is 21.1. The van der Waals surface area contributed by atoms with Crippen LogP contribution in [0.1, 0.15) is 54.0 Å². The van der Waals surface area contributed by atoms with Crippen molar-refractivity contribution in [1.29, 1.82) is 0 Å². The fourth-order valence-corrected chi connectivity index (χ4v) is 2.91. The Hall–Kier alpha value is -2.03. The van der Waals surface area contributed by atoms with E-state index in [1.54, 1.807) is 0 Å². The minimum atomic E-state index is -0.578. The van der Waals surface area contributed by atoms with Crippen LogP contribution in [0.2, 0.25) is 0 Å². The standard InChI is InChI=1S/C24H39BN2O5/c1-22(2,3)30-21(28)26-17-19(25-31-23(4,5)24(6,7)32-25)16-18-10-12-20(13-11-18)29-15-14-27(8)9/h10-13,16H,14-15,17H2,1-9H3,(H,26,28). The Morgan fingerprint density at radius 3 is 2.16 bits per heavy atom. The molecule has 0 radical (unpaired) electrons. The van der Waals surface area contributed by atoms with E-state index >= 15 is 0 Å². The second-order valence-electron chi connectivity index (χ2n) is 10.4. The molecule has 0 saturated carbocycles. The first-order valence-electron chi connectivity index (χ1n) is 11.1. The molecule has 1 aromatic rings. The number of amides is 1. The van der Waals surface area contributed by atoms with Gasteiger partial charge in [-0.2, -0.15) is 0 Å². The summed E-state index contributed by atoms with van der Waals surface area (Å²) in [6, 6.07) is 7.82. The SMILES string of the molecule is CN(C)CCOc1ccc(C=C(CNC(=O)OC(C)(C)C)B2OC(C)(C)C(C)(C)O2)cc1. The van der Waals surface area contributed by atoms with Crippen molar-refractivity contribution in [2.24, 2.45) is 0 Å². The highest BCUT2D eigenvalue weighted by Gasteiger charge is 2.52. The number of alkyl carbamates (subject to hydrolysis) is 1. The number of benzene rings is 1. The molecule has 1 aliphatic heterocycles. The molecule has 1 N–H and O–H groups in total. The second-order valence-corrected chi connectivity index (χ2v) is 10.4. The van der Waals surface area contributed by atoms with Gasteiger partial charge in [-0.15, -0.1) is 0 Å². The molecule has 1 aromatic carbocycles. The van der Waals surface area contributed by atoms with Crippen LogP contribution in [0, 0.1) is 0 Å². The lowest BCUT2D eigenvalue weighted by molar-refractivity contribution is 0.00578. The van der Waals surface area contributed by atoms with E-state index in [-0.39, 0.29) is 6.54 Å². The van der Waals surface area contributed by atoms with Gasteiger partial charge in [0.2, 0.25) is 0 Å². The van der Waals surface area contributed by atoms with Crippen LogP contribution in [0.25, 0.3) is 6.08 Å². The summed E-state index contributed by atoms with van der Waals surface area (Å²) in [6.45, 7) is 15.2. The molecular weight excluding hydrogens is 407 g/mol. The highest BCUT2D eigenvalue weighted by atomic mass is 16.7. The molecule has 178 valence electrons. The lowest BCUT2D eigenvalue weighted by atomic mass is 9.77. The van der Waals surface area contributed by atoms with Gasteiger partial charge in [0.15, 0.2) is 0 Å². The van der Waals surface area contributed by atoms with Crippen LogP contribution in [0.4, 0.5) is 4.79 Å². The van der Waals surface area contributed by atoms with Crippen LogP contribution >= 0.6 is 0 Å². The summed E-state index contributed by atoms with van der Waals surface area (Å²) in [5.41, 5.74) is 0.233. The minimum Gasteiger partial charge on any atom is -0.492 e. The molecule has 0 aromatic heterocycles. The topological polar surface area (TPSA) is 69.3 Å². The van der Waals surface area contributed by atoms with Crippen LogP contribution in [-0.4, -0.2) is 68.7 Å². The van der Waals surface area contributed by atoms with Gasteiger partial charge in [0.1, 0.15) is 18.0 Å². The monoisotopic (exact) mass is 446 g/mol. The molecule has 0 unspecified atom stereocenters. The van der Waals surface area contributed by atoms with Crippen LogP contribution < -0.4 is 10.1 Å². The first-order chi connectivity index (χ1) is 14.7. The van der Waals surface area contributed by atoms with Gasteiger partial charge in [0.05, 0.1) is 11.2 Å². The van der Waals surface area contributed by atoms with Gasteiger partial charge in [-0.25, -0.2) is 4.79 Å². The Balaban J connectivity index is 2.16. The Kier molecular flexibility index (Phi) is 8.42. The number of rotatable bonds is 8. The van der Waals surface area contributed by atoms with Crippen molar-refractivity contribution in [3.63, 3.8) is 0 Å². The number of nitrogens with zero attached hydrogens (tertiary/aromatic N) is 1. The van der Waals surface area contributed by atoms with Gasteiger partial charge in [-0.1, -0.05) is 18.2 Å². The smallest absolute Gasteiger partial charge is 0.492 e. The highest BCUT2D eigenvalue weighted by molar-refractivity contribution is 6.56. The fraction of sp³-hybridized carbons (Fsp3) is 0.625. The van der Waals surface area contributed by atoms with Crippen LogP contribution in [0.3, 0.4) is 0 Å². The van der Waals surface area contributed by atoms with Crippen molar-refractivity contribution in [3.8, 4) is 5.75 Å². The van der Waals surface area contributed by atoms with E-state index in [0.717, 1.165) is 23.3 Å². The van der Waals surface area contributed by atoms with Crippen LogP contribution in [0.5, 0.6) is 5.75 Å². The summed E-state index contributed by atoms with van der Waals surface area (Å²) < 4.78 is 23.6. The number of nitrogens with one attached hydrogen (secondary N) is 1. The van der Waals surface area contributed by atoms with E-state index < -0.39 is 30.0 Å². The normalized spacial score (nSPS) is 18.1. The molecule has 2 rings (SSSR count). The molecule has 0 atom stereocenters. The van der Waals surface area contributed by atoms with Crippen molar-refractivity contribution in [2.75, 3.05) is 33.8 Å². The third kappa shape index (κ3) is 7.83. The number of ether oxygens (including phenoxy) is 2. The Bertz CT molecular complexity index is 782. The van der Waals surface area contributed by atoms with Gasteiger partial charge < -0.3 is 29.0 Å². The van der Waals surface area contributed by atoms with Crippen molar-refractivity contribution < 1.29 is 23.6 Å². The van der Waals surface area contributed by atoms with Crippen LogP contribution in [-0.2, 0) is 14.0 Å². The van der Waals surface area contributed by atoms with E-state index in [4.69, 9.17) is 18.8 Å². The number of hydrogen-bond donors (Lipinski definition) is 1. The van der Waals surface area contributed by atoms with E-state index in [0.29, 0.717) is 6.61 Å². The molecule has 7 nitrogen and oxygen atoms in total. The lowest BCUT2D eigenvalue weighted by Crippen LogP contribution is -2.41. The Morgan fingerprint density at radius 1 is 1.09 bits per heavy atom. The van der Waals surface area contributed by atoms with Gasteiger partial charge in [0.25, 0.3) is 0 Å². The molecule has 0 bridgehead atoms. The molecule has 8 heteroatoms. The molecule has 1 amide bonds. The first-order valence-corrected chi connectivity index (χ1v) is 11.1. The first kappa shape index (κ1) is 26.2. The van der Waals surface area contributed by atoms with E-state index in [2.05, 4.69) is 10.2 Å². The highest BCUT2D eigenvalue weighted by Crippen LogP contribution is 2.38. The third-order valence-electron chi connectivity index (χ3n) is 5.43. The Labute approximate surface area is 193 Å². The summed E-state index contributed by atoms with van der Waals surface area (Å²) in [7, 11) is 3.45. The average molecular weight is 446 g/mol. The van der Waals surface area contributed by atoms with Gasteiger partial charge in [-0.3, -0.25) is 0 Å². The van der Waals surface area contributed by atoms with Crippen molar-refractivity contribution >= 4 is 19.3 Å². The largest absolute Gasteiger partial charge is 0.492 e. The van der Waals surface area contributed by atoms with Crippen LogP contribution in [0.15, 0.2) is 29.7 Å². The summed E-state index contributed by atoms with van der Waals surface area (Å²) in [4.78, 5) is 14.3. The summed E-state index contributed by atoms with van der Waals surface area (Å²) in [6.07, 6.45) is 1.49. The zero-order valence-electron chi connectivity index (χ0n) is 21.1. The predicted octanol–water partition coefficient (Wildman–Crippen LogP) is 4.17. The fourth-order valence-electron chi connectivity index (χ4n) is 2.91. The maximum Gasteiger partial charge on any atom is 0.492 e. The maximum absolute atomic E-state index is 12.2. The van der Waals surface area contributed by atoms with Gasteiger partial charge in [0, 0.05) is 13.1 Å². The third-order valence-corrected chi connectivity index (χ3v) is 5.43. The second kappa shape index (κ2) is 10.3. The quantitative estimate of drug-likeness (QED) is 0.605. The number of carbonyl (C=O) groups excluding carboxylic acids is 1. The van der Waals surface area contributed by atoms with E-state index in [1.165, 1.54) is 0 Å². The average Bonchev–Trinajstić information content (AvgIpc) is 2.85. The van der Waals surface area contributed by atoms with E-state index in [9.17, 15) is 4.79 Å². The number of likely N-dealkylation sites (N-methyl/N-ethyl adjacent to an activating group) is 1. The lowest BCUT2D eigenvalue weighted by Gasteiger charge is -2.32. The molecular formula is C24H39BN2O5. The van der Waals surface area contributed by atoms with Gasteiger partial charge in [-0.05, 0) is 85.7 Å². The molecule has 1 saturated heterocycles. The molecule has 0 aliphatic carbocycles. The van der Waals surface area contributed by atoms with E-state index in [1.807, 2.05) is 92.9 Å². The summed E-state index contributed by atoms with van der Waals surface area (Å²) in [5, 5.41) is 2.82. The molecule has 1 aliphatic rings. The number of hydrogen-bond acceptors (Lipinski definition) is 6. The van der Waals surface area contributed by atoms with Crippen molar-refractivity contribution in [3.05, 3.63) is 35.3 Å².